The highest BCUT2D eigenvalue weighted by Gasteiger charge is 2.23. The van der Waals surface area contributed by atoms with Crippen molar-refractivity contribution in [2.45, 2.75) is 0 Å². The maximum absolute atomic E-state index is 13.5. The highest BCUT2D eigenvalue weighted by atomic mass is 16.5. The number of benzene rings is 2. The van der Waals surface area contributed by atoms with E-state index in [1.807, 2.05) is 30.3 Å². The Morgan fingerprint density at radius 1 is 0.970 bits per heavy atom. The third-order valence-electron chi connectivity index (χ3n) is 5.17. The summed E-state index contributed by atoms with van der Waals surface area (Å²) in [4.78, 5) is 17.7. The smallest absolute Gasteiger partial charge is 0.260 e. The van der Waals surface area contributed by atoms with Crippen LogP contribution in [0.4, 0.5) is 5.82 Å². The summed E-state index contributed by atoms with van der Waals surface area (Å²) in [6.45, 7) is 0. The predicted molar refractivity (Wildman–Crippen MR) is 123 cm³/mol. The molecule has 1 N–H and O–H groups in total. The minimum Gasteiger partial charge on any atom is -0.497 e. The van der Waals surface area contributed by atoms with Gasteiger partial charge in [-0.3, -0.25) is 4.79 Å². The largest absolute Gasteiger partial charge is 0.497 e. The van der Waals surface area contributed by atoms with Crippen LogP contribution in [0.25, 0.3) is 22.6 Å². The molecule has 0 fully saturated rings. The molecule has 1 amide bonds. The zero-order valence-corrected chi connectivity index (χ0v) is 18.0. The zero-order chi connectivity index (χ0) is 22.8. The number of hydrogen-bond acceptors (Lipinski definition) is 6. The third-order valence-corrected chi connectivity index (χ3v) is 5.17. The number of rotatable bonds is 6. The Bertz CT molecular complexity index is 1440. The van der Waals surface area contributed by atoms with Gasteiger partial charge in [-0.1, -0.05) is 18.2 Å². The number of methoxy groups -OCH3 is 2. The van der Waals surface area contributed by atoms with Gasteiger partial charge >= 0.3 is 0 Å². The molecule has 0 aliphatic heterocycles. The first kappa shape index (κ1) is 20.3. The maximum Gasteiger partial charge on any atom is 0.260 e. The summed E-state index contributed by atoms with van der Waals surface area (Å²) in [6.07, 6.45) is 4.93. The Hall–Kier alpha value is -4.66. The SMILES string of the molecule is COc1ccc(OC)c(-c2nn(-c3ccccc3)cc2C(=O)Nc2ccnc3ccnn23)c1. The van der Waals surface area contributed by atoms with E-state index in [9.17, 15) is 4.79 Å². The van der Waals surface area contributed by atoms with Crippen LogP contribution >= 0.6 is 0 Å². The number of nitrogens with zero attached hydrogens (tertiary/aromatic N) is 5. The van der Waals surface area contributed by atoms with Crippen LogP contribution in [0, 0.1) is 0 Å². The van der Waals surface area contributed by atoms with Gasteiger partial charge in [-0.2, -0.15) is 14.7 Å². The molecule has 0 saturated carbocycles. The molecule has 0 bridgehead atoms. The van der Waals surface area contributed by atoms with Gasteiger partial charge in [0.05, 0.1) is 31.7 Å². The number of hydrogen-bond donors (Lipinski definition) is 1. The molecular formula is C24H20N6O3. The van der Waals surface area contributed by atoms with Crippen LogP contribution in [0.2, 0.25) is 0 Å². The van der Waals surface area contributed by atoms with Crippen molar-refractivity contribution in [2.75, 3.05) is 19.5 Å². The van der Waals surface area contributed by atoms with E-state index in [-0.39, 0.29) is 5.91 Å². The van der Waals surface area contributed by atoms with E-state index in [0.717, 1.165) is 5.69 Å². The second-order valence-electron chi connectivity index (χ2n) is 7.12. The number of nitrogens with one attached hydrogen (secondary N) is 1. The highest BCUT2D eigenvalue weighted by molar-refractivity contribution is 6.08. The van der Waals surface area contributed by atoms with Gasteiger partial charge in [-0.15, -0.1) is 0 Å². The van der Waals surface area contributed by atoms with E-state index in [2.05, 4.69) is 15.4 Å². The monoisotopic (exact) mass is 440 g/mol. The maximum atomic E-state index is 13.5. The minimum absolute atomic E-state index is 0.347. The first-order valence-corrected chi connectivity index (χ1v) is 10.2. The van der Waals surface area contributed by atoms with Gasteiger partial charge < -0.3 is 14.8 Å². The summed E-state index contributed by atoms with van der Waals surface area (Å²) in [7, 11) is 3.16. The number of ether oxygens (including phenoxy) is 2. The number of aromatic nitrogens is 5. The van der Waals surface area contributed by atoms with Gasteiger partial charge in [0.2, 0.25) is 0 Å². The van der Waals surface area contributed by atoms with Crippen molar-refractivity contribution < 1.29 is 14.3 Å². The van der Waals surface area contributed by atoms with E-state index in [0.29, 0.717) is 39.8 Å². The van der Waals surface area contributed by atoms with E-state index in [1.165, 1.54) is 0 Å². The lowest BCUT2D eigenvalue weighted by molar-refractivity contribution is 0.102. The van der Waals surface area contributed by atoms with E-state index in [4.69, 9.17) is 14.6 Å². The van der Waals surface area contributed by atoms with Crippen molar-refractivity contribution in [1.29, 1.82) is 0 Å². The Balaban J connectivity index is 1.64. The quantitative estimate of drug-likeness (QED) is 0.431. The molecule has 0 spiro atoms. The molecule has 0 unspecified atom stereocenters. The lowest BCUT2D eigenvalue weighted by Crippen LogP contribution is -2.15. The highest BCUT2D eigenvalue weighted by Crippen LogP contribution is 2.35. The van der Waals surface area contributed by atoms with Crippen molar-refractivity contribution in [2.24, 2.45) is 0 Å². The molecule has 0 aliphatic carbocycles. The fraction of sp³-hybridized carbons (Fsp3) is 0.0833. The molecule has 5 aromatic rings. The number of anilines is 1. The summed E-state index contributed by atoms with van der Waals surface area (Å²) in [5, 5.41) is 11.9. The fourth-order valence-corrected chi connectivity index (χ4v) is 3.56. The number of carbonyl (C=O) groups is 1. The standard InChI is InChI=1S/C24H20N6O3/c1-32-17-8-9-20(33-2)18(14-17)23-19(15-29(28-23)16-6-4-3-5-7-16)24(31)27-22-10-12-25-21-11-13-26-30(21)22/h3-15H,1-2H3,(H,27,31). The summed E-state index contributed by atoms with van der Waals surface area (Å²) in [5.74, 6) is 1.34. The fourth-order valence-electron chi connectivity index (χ4n) is 3.56. The summed E-state index contributed by atoms with van der Waals surface area (Å²) in [5.41, 5.74) is 2.90. The lowest BCUT2D eigenvalue weighted by Gasteiger charge is -2.11. The molecule has 33 heavy (non-hydrogen) atoms. The Labute approximate surface area is 189 Å². The van der Waals surface area contributed by atoms with Gasteiger partial charge in [-0.25, -0.2) is 9.67 Å². The van der Waals surface area contributed by atoms with Crippen LogP contribution in [0.1, 0.15) is 10.4 Å². The van der Waals surface area contributed by atoms with E-state index < -0.39 is 0 Å². The molecule has 164 valence electrons. The van der Waals surface area contributed by atoms with Crippen molar-refractivity contribution >= 4 is 17.4 Å². The van der Waals surface area contributed by atoms with Crippen molar-refractivity contribution in [1.82, 2.24) is 24.4 Å². The molecule has 2 aromatic carbocycles. The number of amides is 1. The van der Waals surface area contributed by atoms with Gasteiger partial charge in [0.15, 0.2) is 5.65 Å². The average Bonchev–Trinajstić information content (AvgIpc) is 3.52. The molecule has 9 heteroatoms. The van der Waals surface area contributed by atoms with Crippen LogP contribution in [-0.2, 0) is 0 Å². The van der Waals surface area contributed by atoms with Crippen LogP contribution < -0.4 is 14.8 Å². The summed E-state index contributed by atoms with van der Waals surface area (Å²) >= 11 is 0. The Morgan fingerprint density at radius 2 is 1.82 bits per heavy atom. The van der Waals surface area contributed by atoms with Crippen LogP contribution in [0.5, 0.6) is 11.5 Å². The van der Waals surface area contributed by atoms with Crippen molar-refractivity contribution in [3.63, 3.8) is 0 Å². The first-order valence-electron chi connectivity index (χ1n) is 10.2. The molecule has 0 atom stereocenters. The normalized spacial score (nSPS) is 10.8. The molecular weight excluding hydrogens is 420 g/mol. The average molecular weight is 440 g/mol. The minimum atomic E-state index is -0.347. The first-order chi connectivity index (χ1) is 16.2. The summed E-state index contributed by atoms with van der Waals surface area (Å²) in [6, 6.07) is 18.4. The second kappa shape index (κ2) is 8.46. The second-order valence-corrected chi connectivity index (χ2v) is 7.12. The van der Waals surface area contributed by atoms with Gasteiger partial charge in [0.1, 0.15) is 23.0 Å². The molecule has 0 aliphatic rings. The zero-order valence-electron chi connectivity index (χ0n) is 18.0. The van der Waals surface area contributed by atoms with Gasteiger partial charge in [-0.05, 0) is 36.4 Å². The van der Waals surface area contributed by atoms with Crippen LogP contribution in [0.15, 0.2) is 79.3 Å². The van der Waals surface area contributed by atoms with Crippen molar-refractivity contribution in [3.05, 3.63) is 84.8 Å². The molecule has 0 radical (unpaired) electrons. The van der Waals surface area contributed by atoms with Crippen LogP contribution in [-0.4, -0.2) is 44.5 Å². The van der Waals surface area contributed by atoms with Gasteiger partial charge in [0, 0.05) is 24.0 Å². The topological polar surface area (TPSA) is 95.6 Å². The lowest BCUT2D eigenvalue weighted by atomic mass is 10.1. The molecule has 9 nitrogen and oxygen atoms in total. The van der Waals surface area contributed by atoms with Crippen molar-refractivity contribution in [3.8, 4) is 28.4 Å². The van der Waals surface area contributed by atoms with Crippen LogP contribution in [0.3, 0.4) is 0 Å². The Kier molecular flexibility index (Phi) is 5.19. The van der Waals surface area contributed by atoms with E-state index >= 15 is 0 Å². The summed E-state index contributed by atoms with van der Waals surface area (Å²) < 4.78 is 14.2. The van der Waals surface area contributed by atoms with Gasteiger partial charge in [0.25, 0.3) is 5.91 Å². The number of carbonyl (C=O) groups excluding carboxylic acids is 1. The Morgan fingerprint density at radius 3 is 2.61 bits per heavy atom. The third kappa shape index (κ3) is 3.76. The molecule has 5 rings (SSSR count). The number of para-hydroxylation sites is 1. The molecule has 3 aromatic heterocycles. The predicted octanol–water partition coefficient (Wildman–Crippen LogP) is 3.85. The molecule has 3 heterocycles. The molecule has 0 saturated heterocycles. The number of fused-ring (bicyclic) bond motifs is 1. The van der Waals surface area contributed by atoms with E-state index in [1.54, 1.807) is 72.3 Å².